The highest BCUT2D eigenvalue weighted by Gasteiger charge is 2.15. The largest absolute Gasteiger partial charge is 0.444 e. The lowest BCUT2D eigenvalue weighted by molar-refractivity contribution is 0.0523. The fraction of sp³-hybridized carbons (Fsp3) is 0.350. The highest BCUT2D eigenvalue weighted by atomic mass is 127. The van der Waals surface area contributed by atoms with E-state index in [9.17, 15) is 4.79 Å². The second kappa shape index (κ2) is 10.1. The van der Waals surface area contributed by atoms with E-state index in [1.54, 1.807) is 15.4 Å². The van der Waals surface area contributed by atoms with E-state index in [0.717, 1.165) is 27.9 Å². The number of rotatable bonds is 4. The fourth-order valence-electron chi connectivity index (χ4n) is 2.48. The van der Waals surface area contributed by atoms with Crippen LogP contribution in [0, 0.1) is 0 Å². The molecule has 2 heterocycles. The Kier molecular flexibility index (Phi) is 8.11. The number of hydrogen-bond acceptors (Lipinski definition) is 5. The number of amides is 1. The van der Waals surface area contributed by atoms with Gasteiger partial charge in [0.2, 0.25) is 0 Å². The minimum Gasteiger partial charge on any atom is -0.444 e. The number of alkyl carbamates (subject to hydrolysis) is 1. The zero-order valence-corrected chi connectivity index (χ0v) is 19.7. The first-order chi connectivity index (χ1) is 13.4. The molecular weight excluding hydrogens is 487 g/mol. The van der Waals surface area contributed by atoms with Crippen molar-refractivity contribution in [1.82, 2.24) is 19.3 Å². The molecule has 6 nitrogen and oxygen atoms in total. The first kappa shape index (κ1) is 22.5. The smallest absolute Gasteiger partial charge is 0.407 e. The summed E-state index contributed by atoms with van der Waals surface area (Å²) in [7, 11) is 1.57. The van der Waals surface area contributed by atoms with Crippen molar-refractivity contribution in [3.05, 3.63) is 48.4 Å². The second-order valence-corrected chi connectivity index (χ2v) is 8.44. The van der Waals surface area contributed by atoms with Gasteiger partial charge in [0.25, 0.3) is 0 Å². The molecule has 0 atom stereocenters. The zero-order chi connectivity index (χ0) is 20.7. The first-order valence-corrected chi connectivity index (χ1v) is 12.4. The fourth-order valence-corrected chi connectivity index (χ4v) is 3.75. The van der Waals surface area contributed by atoms with Crippen molar-refractivity contribution in [3.8, 4) is 11.3 Å². The SMILES string of the molecule is CC.CC(C)(C)OC(=O)NCc1ccc(-c2ncnc3c2ccn3SI)cc1. The van der Waals surface area contributed by atoms with Gasteiger partial charge in [-0.25, -0.2) is 14.8 Å². The summed E-state index contributed by atoms with van der Waals surface area (Å²) in [6.45, 7) is 9.94. The van der Waals surface area contributed by atoms with Gasteiger partial charge in [-0.2, -0.15) is 0 Å². The topological polar surface area (TPSA) is 69.0 Å². The molecule has 0 unspecified atom stereocenters. The monoisotopic (exact) mass is 512 g/mol. The van der Waals surface area contributed by atoms with Gasteiger partial charge in [-0.3, -0.25) is 3.97 Å². The Labute approximate surface area is 182 Å². The lowest BCUT2D eigenvalue weighted by atomic mass is 10.1. The van der Waals surface area contributed by atoms with Gasteiger partial charge in [0.15, 0.2) is 5.65 Å². The molecule has 2 aromatic heterocycles. The summed E-state index contributed by atoms with van der Waals surface area (Å²) in [4.78, 5) is 20.5. The summed E-state index contributed by atoms with van der Waals surface area (Å²) >= 11 is 2.23. The van der Waals surface area contributed by atoms with Gasteiger partial charge in [-0.05, 0) is 32.4 Å². The minimum atomic E-state index is -0.501. The summed E-state index contributed by atoms with van der Waals surface area (Å²) in [6.07, 6.45) is 3.15. The van der Waals surface area contributed by atoms with Crippen molar-refractivity contribution in [1.29, 1.82) is 0 Å². The Morgan fingerprint density at radius 2 is 1.86 bits per heavy atom. The Balaban J connectivity index is 0.00000136. The number of ether oxygens (including phenoxy) is 1. The van der Waals surface area contributed by atoms with Crippen molar-refractivity contribution >= 4 is 47.5 Å². The maximum absolute atomic E-state index is 11.7. The molecular formula is C20H25IN4O2S. The molecule has 0 radical (unpaired) electrons. The maximum atomic E-state index is 11.7. The molecule has 0 fully saturated rings. The molecule has 8 heteroatoms. The van der Waals surface area contributed by atoms with Crippen LogP contribution < -0.4 is 5.32 Å². The molecule has 0 aliphatic heterocycles. The van der Waals surface area contributed by atoms with E-state index in [4.69, 9.17) is 4.74 Å². The van der Waals surface area contributed by atoms with Crippen LogP contribution in [0.25, 0.3) is 22.3 Å². The van der Waals surface area contributed by atoms with E-state index in [1.165, 1.54) is 0 Å². The van der Waals surface area contributed by atoms with E-state index in [1.807, 2.05) is 75.1 Å². The van der Waals surface area contributed by atoms with Crippen LogP contribution >= 0.6 is 30.3 Å². The van der Waals surface area contributed by atoms with Crippen LogP contribution in [0.5, 0.6) is 0 Å². The van der Waals surface area contributed by atoms with E-state index in [2.05, 4.69) is 36.5 Å². The first-order valence-electron chi connectivity index (χ1n) is 9.05. The standard InChI is InChI=1S/C18H19IN4O2S.C2H6/c1-18(2,3)25-17(24)20-10-12-4-6-13(7-5-12)15-14-8-9-23(26-19)16(14)22-11-21-15;1-2/h4-9,11H,10H2,1-3H3,(H,20,24);1-2H3. The van der Waals surface area contributed by atoms with Crippen LogP contribution in [0.3, 0.4) is 0 Å². The van der Waals surface area contributed by atoms with Crippen molar-refractivity contribution < 1.29 is 9.53 Å². The summed E-state index contributed by atoms with van der Waals surface area (Å²) in [5.74, 6) is 0. The van der Waals surface area contributed by atoms with Crippen molar-refractivity contribution in [2.75, 3.05) is 0 Å². The Morgan fingerprint density at radius 1 is 1.18 bits per heavy atom. The number of hydrogen-bond donors (Lipinski definition) is 1. The molecule has 0 saturated heterocycles. The molecule has 28 heavy (non-hydrogen) atoms. The van der Waals surface area contributed by atoms with Crippen LogP contribution in [-0.2, 0) is 11.3 Å². The molecule has 0 spiro atoms. The average Bonchev–Trinajstić information content (AvgIpc) is 3.10. The molecule has 3 aromatic rings. The van der Waals surface area contributed by atoms with Gasteiger partial charge >= 0.3 is 6.09 Å². The van der Waals surface area contributed by atoms with Crippen LogP contribution in [0.2, 0.25) is 0 Å². The summed E-state index contributed by atoms with van der Waals surface area (Å²) in [5, 5.41) is 3.77. The number of nitrogens with zero attached hydrogens (tertiary/aromatic N) is 3. The van der Waals surface area contributed by atoms with E-state index >= 15 is 0 Å². The highest BCUT2D eigenvalue weighted by Crippen LogP contribution is 2.29. The number of carbonyl (C=O) groups is 1. The molecule has 1 N–H and O–H groups in total. The number of aromatic nitrogens is 3. The van der Waals surface area contributed by atoms with Crippen molar-refractivity contribution in [3.63, 3.8) is 0 Å². The Morgan fingerprint density at radius 3 is 2.46 bits per heavy atom. The van der Waals surface area contributed by atoms with Gasteiger partial charge in [0, 0.05) is 54.0 Å². The third-order valence-corrected chi connectivity index (χ3v) is 5.30. The van der Waals surface area contributed by atoms with Gasteiger partial charge < -0.3 is 10.1 Å². The number of halogens is 1. The summed E-state index contributed by atoms with van der Waals surface area (Å²) in [5.41, 5.74) is 3.29. The molecule has 0 bridgehead atoms. The molecule has 1 aromatic carbocycles. The minimum absolute atomic E-state index is 0.413. The molecule has 150 valence electrons. The molecule has 0 saturated carbocycles. The van der Waals surface area contributed by atoms with E-state index in [-0.39, 0.29) is 0 Å². The van der Waals surface area contributed by atoms with E-state index < -0.39 is 11.7 Å². The van der Waals surface area contributed by atoms with Gasteiger partial charge in [0.1, 0.15) is 11.9 Å². The van der Waals surface area contributed by atoms with Gasteiger partial charge in [-0.1, -0.05) is 38.1 Å². The van der Waals surface area contributed by atoms with Crippen LogP contribution in [0.1, 0.15) is 40.2 Å². The summed E-state index contributed by atoms with van der Waals surface area (Å²) in [6, 6.07) is 9.98. The third kappa shape index (κ3) is 5.84. The van der Waals surface area contributed by atoms with Gasteiger partial charge in [0.05, 0.1) is 5.69 Å². The highest BCUT2D eigenvalue weighted by molar-refractivity contribution is 14.2. The van der Waals surface area contributed by atoms with Gasteiger partial charge in [-0.15, -0.1) is 0 Å². The van der Waals surface area contributed by atoms with Crippen LogP contribution in [-0.4, -0.2) is 25.6 Å². The van der Waals surface area contributed by atoms with Crippen molar-refractivity contribution in [2.45, 2.75) is 46.8 Å². The van der Waals surface area contributed by atoms with Crippen LogP contribution in [0.15, 0.2) is 42.9 Å². The third-order valence-electron chi connectivity index (χ3n) is 3.59. The lowest BCUT2D eigenvalue weighted by Crippen LogP contribution is -2.32. The molecule has 1 amide bonds. The molecule has 0 aliphatic carbocycles. The predicted octanol–water partition coefficient (Wildman–Crippen LogP) is 6.00. The number of fused-ring (bicyclic) bond motifs is 1. The second-order valence-electron chi connectivity index (χ2n) is 6.72. The molecule has 3 rings (SSSR count). The lowest BCUT2D eigenvalue weighted by Gasteiger charge is -2.19. The van der Waals surface area contributed by atoms with Crippen molar-refractivity contribution in [2.24, 2.45) is 0 Å². The van der Waals surface area contributed by atoms with E-state index in [0.29, 0.717) is 6.54 Å². The average molecular weight is 512 g/mol. The zero-order valence-electron chi connectivity index (χ0n) is 16.7. The molecule has 0 aliphatic rings. The van der Waals surface area contributed by atoms with Crippen LogP contribution in [0.4, 0.5) is 4.79 Å². The Bertz CT molecular complexity index is 920. The number of nitrogens with one attached hydrogen (secondary N) is 1. The number of carbonyl (C=O) groups excluding carboxylic acids is 1. The predicted molar refractivity (Wildman–Crippen MR) is 124 cm³/mol. The Hall–Kier alpha value is -1.81. The quantitative estimate of drug-likeness (QED) is 0.435. The normalized spacial score (nSPS) is 10.9. The summed E-state index contributed by atoms with van der Waals surface area (Å²) < 4.78 is 7.24. The number of benzene rings is 1. The maximum Gasteiger partial charge on any atom is 0.407 e.